The maximum atomic E-state index is 12.4. The number of carbonyl (C=O) groups excluding carboxylic acids is 1. The molecule has 2 atom stereocenters. The van der Waals surface area contributed by atoms with Gasteiger partial charge < -0.3 is 14.5 Å². The number of nitrogens with zero attached hydrogens (tertiary/aromatic N) is 4. The quantitative estimate of drug-likeness (QED) is 0.800. The number of hydrogen-bond donors (Lipinski definition) is 0. The lowest BCUT2D eigenvalue weighted by molar-refractivity contribution is -0.133. The Morgan fingerprint density at radius 3 is 2.95 bits per heavy atom. The van der Waals surface area contributed by atoms with E-state index < -0.39 is 0 Å². The van der Waals surface area contributed by atoms with E-state index in [0.717, 1.165) is 30.2 Å². The van der Waals surface area contributed by atoms with Gasteiger partial charge in [-0.15, -0.1) is 0 Å². The first kappa shape index (κ1) is 14.3. The molecule has 114 valence electrons. The van der Waals surface area contributed by atoms with E-state index >= 15 is 0 Å². The first-order chi connectivity index (χ1) is 10.1. The zero-order valence-corrected chi connectivity index (χ0v) is 12.9. The fraction of sp³-hybridized carbons (Fsp3) is 0.667. The number of carbonyl (C=O) groups is 1. The van der Waals surface area contributed by atoms with Gasteiger partial charge >= 0.3 is 0 Å². The zero-order valence-electron chi connectivity index (χ0n) is 12.9. The molecule has 1 aromatic heterocycles. The Morgan fingerprint density at radius 1 is 1.38 bits per heavy atom. The monoisotopic (exact) mass is 290 g/mol. The van der Waals surface area contributed by atoms with Crippen LogP contribution in [0.25, 0.3) is 0 Å². The molecule has 21 heavy (non-hydrogen) atoms. The lowest BCUT2D eigenvalue weighted by Crippen LogP contribution is -2.43. The van der Waals surface area contributed by atoms with Crippen LogP contribution in [0.15, 0.2) is 6.20 Å². The summed E-state index contributed by atoms with van der Waals surface area (Å²) in [4.78, 5) is 25.5. The number of aromatic nitrogens is 2. The van der Waals surface area contributed by atoms with Gasteiger partial charge in [-0.25, -0.2) is 9.97 Å². The molecule has 1 aromatic rings. The number of likely N-dealkylation sites (N-methyl/N-ethyl adjacent to an activating group) is 1. The maximum Gasteiger partial charge on any atom is 0.229 e. The van der Waals surface area contributed by atoms with Crippen molar-refractivity contribution in [1.82, 2.24) is 14.9 Å². The fourth-order valence-corrected chi connectivity index (χ4v) is 3.04. The largest absolute Gasteiger partial charge is 0.378 e. The summed E-state index contributed by atoms with van der Waals surface area (Å²) in [6, 6.07) is 0.0694. The van der Waals surface area contributed by atoms with E-state index in [1.54, 1.807) is 0 Å². The first-order valence-corrected chi connectivity index (χ1v) is 7.52. The molecule has 6 nitrogen and oxygen atoms in total. The molecule has 2 saturated heterocycles. The van der Waals surface area contributed by atoms with Crippen molar-refractivity contribution >= 4 is 11.9 Å². The van der Waals surface area contributed by atoms with Crippen LogP contribution in [-0.2, 0) is 16.0 Å². The van der Waals surface area contributed by atoms with E-state index in [1.165, 1.54) is 0 Å². The highest BCUT2D eigenvalue weighted by Crippen LogP contribution is 2.23. The van der Waals surface area contributed by atoms with E-state index in [-0.39, 0.29) is 17.9 Å². The second kappa shape index (κ2) is 5.60. The van der Waals surface area contributed by atoms with Crippen LogP contribution in [0.5, 0.6) is 0 Å². The van der Waals surface area contributed by atoms with Gasteiger partial charge in [-0.05, 0) is 18.9 Å². The second-order valence-corrected chi connectivity index (χ2v) is 5.90. The Balaban J connectivity index is 1.91. The summed E-state index contributed by atoms with van der Waals surface area (Å²) >= 11 is 0. The Bertz CT molecular complexity index is 548. The maximum absolute atomic E-state index is 12.4. The Labute approximate surface area is 125 Å². The van der Waals surface area contributed by atoms with Crippen LogP contribution in [0.3, 0.4) is 0 Å². The Hall–Kier alpha value is -1.69. The second-order valence-electron chi connectivity index (χ2n) is 5.90. The molecule has 0 spiro atoms. The molecule has 0 aliphatic carbocycles. The third kappa shape index (κ3) is 2.60. The highest BCUT2D eigenvalue weighted by molar-refractivity contribution is 5.80. The van der Waals surface area contributed by atoms with Crippen LogP contribution in [0.1, 0.15) is 18.2 Å². The van der Waals surface area contributed by atoms with Crippen LogP contribution in [0.4, 0.5) is 5.95 Å². The van der Waals surface area contributed by atoms with E-state index in [0.29, 0.717) is 19.8 Å². The van der Waals surface area contributed by atoms with Gasteiger partial charge in [0.1, 0.15) is 0 Å². The van der Waals surface area contributed by atoms with Crippen molar-refractivity contribution in [1.29, 1.82) is 0 Å². The summed E-state index contributed by atoms with van der Waals surface area (Å²) in [6.45, 7) is 6.56. The van der Waals surface area contributed by atoms with Gasteiger partial charge in [0.15, 0.2) is 0 Å². The summed E-state index contributed by atoms with van der Waals surface area (Å²) in [7, 11) is 1.87. The van der Waals surface area contributed by atoms with Crippen LogP contribution in [0.2, 0.25) is 0 Å². The molecule has 0 N–H and O–H groups in total. The SMILES string of the molecule is CCc1nc(N2C[C@@H]3COC[C@H](C2)N(C)C3=O)ncc1C. The van der Waals surface area contributed by atoms with Crippen molar-refractivity contribution in [3.8, 4) is 0 Å². The normalized spacial score (nSPS) is 26.0. The van der Waals surface area contributed by atoms with Crippen molar-refractivity contribution in [3.05, 3.63) is 17.5 Å². The molecular weight excluding hydrogens is 268 g/mol. The third-order valence-electron chi connectivity index (χ3n) is 4.43. The van der Waals surface area contributed by atoms with Gasteiger partial charge in [0.2, 0.25) is 11.9 Å². The van der Waals surface area contributed by atoms with Crippen LogP contribution < -0.4 is 4.90 Å². The minimum atomic E-state index is -0.127. The molecule has 2 aliphatic rings. The predicted molar refractivity (Wildman–Crippen MR) is 79.2 cm³/mol. The van der Waals surface area contributed by atoms with Gasteiger partial charge in [-0.1, -0.05) is 6.92 Å². The summed E-state index contributed by atoms with van der Waals surface area (Å²) < 4.78 is 5.62. The van der Waals surface area contributed by atoms with E-state index in [9.17, 15) is 4.79 Å². The summed E-state index contributed by atoms with van der Waals surface area (Å²) in [5.74, 6) is 0.776. The predicted octanol–water partition coefficient (Wildman–Crippen LogP) is 0.641. The standard InChI is InChI=1S/C15H22N4O2/c1-4-13-10(2)5-16-15(17-13)19-6-11-8-21-9-12(7-19)18(3)14(11)20/h5,11-12H,4,6-9H2,1-3H3/t11-,12+/m1/s1. The lowest BCUT2D eigenvalue weighted by atomic mass is 10.1. The number of fused-ring (bicyclic) bond motifs is 3. The van der Waals surface area contributed by atoms with Crippen molar-refractivity contribution in [2.45, 2.75) is 26.3 Å². The minimum Gasteiger partial charge on any atom is -0.378 e. The highest BCUT2D eigenvalue weighted by atomic mass is 16.5. The van der Waals surface area contributed by atoms with Crippen LogP contribution in [0, 0.1) is 12.8 Å². The molecule has 0 saturated carbocycles. The number of anilines is 1. The molecule has 0 radical (unpaired) electrons. The lowest BCUT2D eigenvalue weighted by Gasteiger charge is -2.29. The molecular formula is C15H22N4O2. The molecule has 2 fully saturated rings. The topological polar surface area (TPSA) is 58.6 Å². The Kier molecular flexibility index (Phi) is 3.80. The van der Waals surface area contributed by atoms with Crippen molar-refractivity contribution in [3.63, 3.8) is 0 Å². The van der Waals surface area contributed by atoms with Crippen molar-refractivity contribution in [2.75, 3.05) is 38.3 Å². The van der Waals surface area contributed by atoms with Gasteiger partial charge in [-0.2, -0.15) is 0 Å². The smallest absolute Gasteiger partial charge is 0.229 e. The molecule has 3 rings (SSSR count). The first-order valence-electron chi connectivity index (χ1n) is 7.52. The number of ether oxygens (including phenoxy) is 1. The molecule has 0 unspecified atom stereocenters. The highest BCUT2D eigenvalue weighted by Gasteiger charge is 2.38. The van der Waals surface area contributed by atoms with E-state index in [4.69, 9.17) is 4.74 Å². The number of hydrogen-bond acceptors (Lipinski definition) is 5. The van der Waals surface area contributed by atoms with E-state index in [1.807, 2.05) is 25.1 Å². The average Bonchev–Trinajstić information content (AvgIpc) is 2.65. The van der Waals surface area contributed by atoms with E-state index in [2.05, 4.69) is 21.8 Å². The van der Waals surface area contributed by atoms with Crippen molar-refractivity contribution in [2.24, 2.45) is 5.92 Å². The van der Waals surface area contributed by atoms with Gasteiger partial charge in [0, 0.05) is 32.0 Å². The third-order valence-corrected chi connectivity index (χ3v) is 4.43. The summed E-state index contributed by atoms with van der Waals surface area (Å²) in [6.07, 6.45) is 2.77. The van der Waals surface area contributed by atoms with Crippen LogP contribution >= 0.6 is 0 Å². The number of aryl methyl sites for hydroxylation is 2. The molecule has 3 heterocycles. The molecule has 2 bridgehead atoms. The molecule has 2 aliphatic heterocycles. The summed E-state index contributed by atoms with van der Waals surface area (Å²) in [5.41, 5.74) is 2.19. The van der Waals surface area contributed by atoms with Gasteiger partial charge in [-0.3, -0.25) is 4.79 Å². The average molecular weight is 290 g/mol. The van der Waals surface area contributed by atoms with Crippen molar-refractivity contribution < 1.29 is 9.53 Å². The molecule has 1 amide bonds. The van der Waals surface area contributed by atoms with Gasteiger partial charge in [0.05, 0.1) is 25.2 Å². The Morgan fingerprint density at radius 2 is 2.19 bits per heavy atom. The minimum absolute atomic E-state index is 0.0694. The fourth-order valence-electron chi connectivity index (χ4n) is 3.04. The zero-order chi connectivity index (χ0) is 15.0. The molecule has 0 aromatic carbocycles. The summed E-state index contributed by atoms with van der Waals surface area (Å²) in [5, 5.41) is 0. The van der Waals surface area contributed by atoms with Gasteiger partial charge in [0.25, 0.3) is 0 Å². The number of amides is 1. The van der Waals surface area contributed by atoms with Crippen LogP contribution in [-0.4, -0.2) is 60.2 Å². The number of rotatable bonds is 2. The molecule has 6 heteroatoms.